The fourth-order valence-corrected chi connectivity index (χ4v) is 3.31. The van der Waals surface area contributed by atoms with Crippen molar-refractivity contribution in [2.24, 2.45) is 0 Å². The van der Waals surface area contributed by atoms with E-state index < -0.39 is 0 Å². The zero-order valence-corrected chi connectivity index (χ0v) is 13.2. The van der Waals surface area contributed by atoms with E-state index in [2.05, 4.69) is 33.6 Å². The predicted molar refractivity (Wildman–Crippen MR) is 89.8 cm³/mol. The molecule has 0 unspecified atom stereocenters. The van der Waals surface area contributed by atoms with Crippen LogP contribution < -0.4 is 10.1 Å². The first-order valence-corrected chi connectivity index (χ1v) is 8.04. The van der Waals surface area contributed by atoms with E-state index in [1.54, 1.807) is 7.11 Å². The average molecular weight is 308 g/mol. The molecule has 23 heavy (non-hydrogen) atoms. The van der Waals surface area contributed by atoms with Gasteiger partial charge in [-0.15, -0.1) is 0 Å². The SMILES string of the molecule is COc1ccc(-c2cnn3c(C4CCNCC4)ccnc23)cc1. The maximum absolute atomic E-state index is 5.23. The number of aromatic nitrogens is 3. The fraction of sp³-hybridized carbons (Fsp3) is 0.333. The van der Waals surface area contributed by atoms with E-state index in [0.29, 0.717) is 5.92 Å². The number of methoxy groups -OCH3 is 1. The molecule has 1 N–H and O–H groups in total. The Morgan fingerprint density at radius 3 is 2.65 bits per heavy atom. The summed E-state index contributed by atoms with van der Waals surface area (Å²) in [7, 11) is 1.68. The van der Waals surface area contributed by atoms with E-state index in [1.165, 1.54) is 5.69 Å². The molecule has 0 saturated carbocycles. The Bertz CT molecular complexity index is 804. The second kappa shape index (κ2) is 6.01. The Hall–Kier alpha value is -2.40. The van der Waals surface area contributed by atoms with Crippen LogP contribution in [0.5, 0.6) is 5.75 Å². The molecule has 1 saturated heterocycles. The second-order valence-corrected chi connectivity index (χ2v) is 5.92. The van der Waals surface area contributed by atoms with Gasteiger partial charge in [0.15, 0.2) is 5.65 Å². The van der Waals surface area contributed by atoms with Crippen molar-refractivity contribution in [1.82, 2.24) is 19.9 Å². The summed E-state index contributed by atoms with van der Waals surface area (Å²) < 4.78 is 7.24. The van der Waals surface area contributed by atoms with Gasteiger partial charge in [-0.1, -0.05) is 12.1 Å². The molecule has 4 rings (SSSR count). The van der Waals surface area contributed by atoms with Crippen LogP contribution in [0.25, 0.3) is 16.8 Å². The summed E-state index contributed by atoms with van der Waals surface area (Å²) in [5.41, 5.74) is 4.35. The summed E-state index contributed by atoms with van der Waals surface area (Å²) in [6.45, 7) is 2.14. The first-order valence-electron chi connectivity index (χ1n) is 8.04. The summed E-state index contributed by atoms with van der Waals surface area (Å²) in [5, 5.41) is 8.03. The van der Waals surface area contributed by atoms with Crippen molar-refractivity contribution in [3.63, 3.8) is 0 Å². The molecular weight excluding hydrogens is 288 g/mol. The quantitative estimate of drug-likeness (QED) is 0.808. The Morgan fingerprint density at radius 1 is 1.13 bits per heavy atom. The fourth-order valence-electron chi connectivity index (χ4n) is 3.31. The number of hydrogen-bond acceptors (Lipinski definition) is 4. The maximum Gasteiger partial charge on any atom is 0.163 e. The van der Waals surface area contributed by atoms with Gasteiger partial charge < -0.3 is 10.1 Å². The molecule has 1 aliphatic rings. The van der Waals surface area contributed by atoms with Crippen molar-refractivity contribution in [1.29, 1.82) is 0 Å². The largest absolute Gasteiger partial charge is 0.497 e. The molecule has 2 aromatic heterocycles. The lowest BCUT2D eigenvalue weighted by atomic mass is 9.94. The van der Waals surface area contributed by atoms with Crippen LogP contribution in [0.4, 0.5) is 0 Å². The van der Waals surface area contributed by atoms with Crippen molar-refractivity contribution in [3.05, 3.63) is 48.4 Å². The second-order valence-electron chi connectivity index (χ2n) is 5.92. The van der Waals surface area contributed by atoms with E-state index in [-0.39, 0.29) is 0 Å². The third-order valence-corrected chi connectivity index (χ3v) is 4.59. The zero-order chi connectivity index (χ0) is 15.6. The molecule has 5 nitrogen and oxygen atoms in total. The molecule has 1 aromatic carbocycles. The summed E-state index contributed by atoms with van der Waals surface area (Å²) in [6.07, 6.45) is 6.11. The first-order chi connectivity index (χ1) is 11.4. The topological polar surface area (TPSA) is 51.5 Å². The van der Waals surface area contributed by atoms with Gasteiger partial charge in [0.1, 0.15) is 5.75 Å². The Morgan fingerprint density at radius 2 is 1.91 bits per heavy atom. The number of rotatable bonds is 3. The number of nitrogens with zero attached hydrogens (tertiary/aromatic N) is 3. The molecule has 5 heteroatoms. The number of fused-ring (bicyclic) bond motifs is 1. The number of hydrogen-bond donors (Lipinski definition) is 1. The minimum absolute atomic E-state index is 0.547. The molecule has 0 radical (unpaired) electrons. The molecule has 3 aromatic rings. The summed E-state index contributed by atoms with van der Waals surface area (Å²) in [5.74, 6) is 1.40. The van der Waals surface area contributed by atoms with Gasteiger partial charge in [-0.2, -0.15) is 5.10 Å². The number of ether oxygens (including phenoxy) is 1. The third-order valence-electron chi connectivity index (χ3n) is 4.59. The van der Waals surface area contributed by atoms with Crippen LogP contribution in [0.3, 0.4) is 0 Å². The summed E-state index contributed by atoms with van der Waals surface area (Å²) in [4.78, 5) is 4.57. The van der Waals surface area contributed by atoms with Gasteiger partial charge in [0.2, 0.25) is 0 Å². The lowest BCUT2D eigenvalue weighted by Gasteiger charge is -2.23. The average Bonchev–Trinajstić information content (AvgIpc) is 3.06. The standard InChI is InChI=1S/C18H20N4O/c1-23-15-4-2-13(3-5-15)16-12-21-22-17(8-11-20-18(16)22)14-6-9-19-10-7-14/h2-5,8,11-12,14,19H,6-7,9-10H2,1H3. The number of nitrogens with one attached hydrogen (secondary N) is 1. The van der Waals surface area contributed by atoms with E-state index in [4.69, 9.17) is 4.74 Å². The molecule has 0 atom stereocenters. The highest BCUT2D eigenvalue weighted by atomic mass is 16.5. The van der Waals surface area contributed by atoms with Gasteiger partial charge in [0.05, 0.1) is 13.3 Å². The molecule has 0 spiro atoms. The van der Waals surface area contributed by atoms with Crippen LogP contribution in [0.1, 0.15) is 24.5 Å². The molecule has 1 aliphatic heterocycles. The predicted octanol–water partition coefficient (Wildman–Crippen LogP) is 2.87. The molecule has 0 amide bonds. The van der Waals surface area contributed by atoms with Crippen LogP contribution in [0.2, 0.25) is 0 Å². The van der Waals surface area contributed by atoms with Gasteiger partial charge in [-0.25, -0.2) is 9.50 Å². The van der Waals surface area contributed by atoms with Crippen LogP contribution in [-0.4, -0.2) is 34.8 Å². The molecule has 0 aliphatic carbocycles. The minimum atomic E-state index is 0.547. The Balaban J connectivity index is 1.77. The molecule has 3 heterocycles. The molecule has 118 valence electrons. The van der Waals surface area contributed by atoms with Gasteiger partial charge in [0, 0.05) is 23.4 Å². The van der Waals surface area contributed by atoms with E-state index in [9.17, 15) is 0 Å². The molecule has 0 bridgehead atoms. The van der Waals surface area contributed by atoms with Crippen molar-refractivity contribution in [2.75, 3.05) is 20.2 Å². The number of piperidine rings is 1. The normalized spacial score (nSPS) is 15.9. The van der Waals surface area contributed by atoms with Crippen molar-refractivity contribution in [2.45, 2.75) is 18.8 Å². The van der Waals surface area contributed by atoms with Crippen molar-refractivity contribution >= 4 is 5.65 Å². The third kappa shape index (κ3) is 2.57. The van der Waals surface area contributed by atoms with Crippen LogP contribution in [0, 0.1) is 0 Å². The van der Waals surface area contributed by atoms with Crippen molar-refractivity contribution in [3.8, 4) is 16.9 Å². The van der Waals surface area contributed by atoms with E-state index >= 15 is 0 Å². The van der Waals surface area contributed by atoms with Gasteiger partial charge in [-0.3, -0.25) is 0 Å². The zero-order valence-electron chi connectivity index (χ0n) is 13.2. The lowest BCUT2D eigenvalue weighted by molar-refractivity contribution is 0.415. The summed E-state index contributed by atoms with van der Waals surface area (Å²) >= 11 is 0. The molecule has 1 fully saturated rings. The van der Waals surface area contributed by atoms with Gasteiger partial charge >= 0.3 is 0 Å². The van der Waals surface area contributed by atoms with Gasteiger partial charge in [-0.05, 0) is 49.7 Å². The highest BCUT2D eigenvalue weighted by Gasteiger charge is 2.19. The van der Waals surface area contributed by atoms with E-state index in [0.717, 1.165) is 48.5 Å². The maximum atomic E-state index is 5.23. The van der Waals surface area contributed by atoms with Crippen LogP contribution >= 0.6 is 0 Å². The van der Waals surface area contributed by atoms with Crippen molar-refractivity contribution < 1.29 is 4.74 Å². The Labute approximate surface area is 135 Å². The highest BCUT2D eigenvalue weighted by molar-refractivity contribution is 5.77. The van der Waals surface area contributed by atoms with Gasteiger partial charge in [0.25, 0.3) is 0 Å². The van der Waals surface area contributed by atoms with Crippen LogP contribution in [-0.2, 0) is 0 Å². The van der Waals surface area contributed by atoms with E-state index in [1.807, 2.05) is 29.0 Å². The minimum Gasteiger partial charge on any atom is -0.497 e. The Kier molecular flexibility index (Phi) is 3.71. The monoisotopic (exact) mass is 308 g/mol. The lowest BCUT2D eigenvalue weighted by Crippen LogP contribution is -2.27. The molecular formula is C18H20N4O. The first kappa shape index (κ1) is 14.2. The van der Waals surface area contributed by atoms with Crippen LogP contribution in [0.15, 0.2) is 42.7 Å². The number of benzene rings is 1. The summed E-state index contributed by atoms with van der Waals surface area (Å²) in [6, 6.07) is 10.1. The highest BCUT2D eigenvalue weighted by Crippen LogP contribution is 2.29. The smallest absolute Gasteiger partial charge is 0.163 e.